The molecule has 4 aromatic rings. The van der Waals surface area contributed by atoms with Crippen LogP contribution in [-0.4, -0.2) is 63.3 Å². The van der Waals surface area contributed by atoms with E-state index in [0.29, 0.717) is 23.9 Å². The quantitative estimate of drug-likeness (QED) is 0.478. The van der Waals surface area contributed by atoms with E-state index in [1.165, 1.54) is 0 Å². The van der Waals surface area contributed by atoms with E-state index in [-0.39, 0.29) is 0 Å². The van der Waals surface area contributed by atoms with Gasteiger partial charge >= 0.3 is 0 Å². The fourth-order valence-electron chi connectivity index (χ4n) is 3.76. The monoisotopic (exact) mass is 427 g/mol. The second kappa shape index (κ2) is 8.84. The standard InChI is InChI=1S/C24H25N7O/c1-3-19-22(24-29-28-23(32-24)17-7-5-4-6-8-17)27-20(16-25-19)18-9-10-21(26-15-18)31-13-11-30(2)12-14-31/h4-10,15-16H,3,11-14H2,1-2H3. The molecule has 4 heterocycles. The van der Waals surface area contributed by atoms with E-state index in [0.717, 1.165) is 54.5 Å². The Bertz CT molecular complexity index is 1180. The molecule has 8 heteroatoms. The molecule has 0 unspecified atom stereocenters. The fraction of sp³-hybridized carbons (Fsp3) is 0.292. The van der Waals surface area contributed by atoms with Crippen LogP contribution in [0.15, 0.2) is 59.3 Å². The molecular formula is C24H25N7O. The molecule has 32 heavy (non-hydrogen) atoms. The number of aromatic nitrogens is 5. The van der Waals surface area contributed by atoms with Crippen LogP contribution in [0.2, 0.25) is 0 Å². The normalized spacial score (nSPS) is 14.6. The van der Waals surface area contributed by atoms with Crippen molar-refractivity contribution in [1.82, 2.24) is 30.0 Å². The highest BCUT2D eigenvalue weighted by atomic mass is 16.4. The summed E-state index contributed by atoms with van der Waals surface area (Å²) in [6.45, 7) is 6.10. The summed E-state index contributed by atoms with van der Waals surface area (Å²) in [5.74, 6) is 1.83. The molecule has 0 spiro atoms. The van der Waals surface area contributed by atoms with Gasteiger partial charge in [-0.1, -0.05) is 25.1 Å². The van der Waals surface area contributed by atoms with Crippen LogP contribution in [0.4, 0.5) is 5.82 Å². The summed E-state index contributed by atoms with van der Waals surface area (Å²) in [6, 6.07) is 13.8. The number of rotatable bonds is 5. The number of nitrogens with zero attached hydrogens (tertiary/aromatic N) is 7. The van der Waals surface area contributed by atoms with Crippen LogP contribution in [0.1, 0.15) is 12.6 Å². The molecule has 0 radical (unpaired) electrons. The van der Waals surface area contributed by atoms with Crippen molar-refractivity contribution in [2.45, 2.75) is 13.3 Å². The van der Waals surface area contributed by atoms with Crippen LogP contribution >= 0.6 is 0 Å². The van der Waals surface area contributed by atoms with Gasteiger partial charge in [0.25, 0.3) is 5.89 Å². The molecule has 1 saturated heterocycles. The summed E-state index contributed by atoms with van der Waals surface area (Å²) in [6.07, 6.45) is 4.35. The van der Waals surface area contributed by atoms with Crippen LogP contribution in [0.5, 0.6) is 0 Å². The van der Waals surface area contributed by atoms with Crippen molar-refractivity contribution in [1.29, 1.82) is 0 Å². The van der Waals surface area contributed by atoms with Crippen molar-refractivity contribution in [3.63, 3.8) is 0 Å². The van der Waals surface area contributed by atoms with Crippen LogP contribution < -0.4 is 4.90 Å². The number of benzene rings is 1. The van der Waals surface area contributed by atoms with Crippen molar-refractivity contribution in [2.24, 2.45) is 0 Å². The molecule has 0 N–H and O–H groups in total. The second-order valence-corrected chi connectivity index (χ2v) is 7.88. The van der Waals surface area contributed by atoms with Crippen molar-refractivity contribution in [2.75, 3.05) is 38.1 Å². The lowest BCUT2D eigenvalue weighted by Gasteiger charge is -2.33. The lowest BCUT2D eigenvalue weighted by Crippen LogP contribution is -2.44. The summed E-state index contributed by atoms with van der Waals surface area (Å²) in [5, 5.41) is 8.45. The Hall–Kier alpha value is -3.65. The third-order valence-electron chi connectivity index (χ3n) is 5.70. The van der Waals surface area contributed by atoms with Gasteiger partial charge < -0.3 is 14.2 Å². The molecule has 162 valence electrons. The molecule has 0 atom stereocenters. The van der Waals surface area contributed by atoms with E-state index in [4.69, 9.17) is 9.40 Å². The Morgan fingerprint density at radius 3 is 2.34 bits per heavy atom. The van der Waals surface area contributed by atoms with Crippen molar-refractivity contribution >= 4 is 5.82 Å². The molecule has 0 amide bonds. The van der Waals surface area contributed by atoms with Crippen LogP contribution in [0, 0.1) is 0 Å². The maximum Gasteiger partial charge on any atom is 0.268 e. The van der Waals surface area contributed by atoms with Gasteiger partial charge in [-0.05, 0) is 37.7 Å². The van der Waals surface area contributed by atoms with E-state index in [9.17, 15) is 0 Å². The van der Waals surface area contributed by atoms with E-state index in [1.807, 2.05) is 49.5 Å². The molecule has 3 aromatic heterocycles. The molecule has 1 aliphatic heterocycles. The number of pyridine rings is 1. The highest BCUT2D eigenvalue weighted by Gasteiger charge is 2.18. The zero-order chi connectivity index (χ0) is 21.9. The average Bonchev–Trinajstić information content (AvgIpc) is 3.35. The SMILES string of the molecule is CCc1ncc(-c2ccc(N3CCN(C)CC3)nc2)nc1-c1nnc(-c2ccccc2)o1. The zero-order valence-corrected chi connectivity index (χ0v) is 18.3. The molecule has 0 bridgehead atoms. The Morgan fingerprint density at radius 1 is 0.844 bits per heavy atom. The Kier molecular flexibility index (Phi) is 5.60. The first kappa shape index (κ1) is 20.3. The minimum Gasteiger partial charge on any atom is -0.415 e. The number of likely N-dealkylation sites (N-methyl/N-ethyl adjacent to an activating group) is 1. The highest BCUT2D eigenvalue weighted by Crippen LogP contribution is 2.27. The molecule has 5 rings (SSSR count). The van der Waals surface area contributed by atoms with Crippen molar-refractivity contribution in [3.8, 4) is 34.3 Å². The van der Waals surface area contributed by atoms with Gasteiger partial charge in [0.2, 0.25) is 5.89 Å². The number of aryl methyl sites for hydroxylation is 1. The highest BCUT2D eigenvalue weighted by molar-refractivity contribution is 5.64. The van der Waals surface area contributed by atoms with Gasteiger partial charge in [0.1, 0.15) is 11.5 Å². The number of anilines is 1. The van der Waals surface area contributed by atoms with E-state index in [2.05, 4.69) is 43.1 Å². The molecule has 1 fully saturated rings. The third kappa shape index (κ3) is 4.09. The molecular weight excluding hydrogens is 402 g/mol. The summed E-state index contributed by atoms with van der Waals surface area (Å²) in [5.41, 5.74) is 3.94. The average molecular weight is 428 g/mol. The second-order valence-electron chi connectivity index (χ2n) is 7.88. The van der Waals surface area contributed by atoms with Gasteiger partial charge in [-0.2, -0.15) is 0 Å². The maximum absolute atomic E-state index is 5.95. The molecule has 0 saturated carbocycles. The zero-order valence-electron chi connectivity index (χ0n) is 18.3. The predicted octanol–water partition coefficient (Wildman–Crippen LogP) is 3.57. The first-order valence-electron chi connectivity index (χ1n) is 10.9. The Morgan fingerprint density at radius 2 is 1.62 bits per heavy atom. The van der Waals surface area contributed by atoms with Gasteiger partial charge in [-0.25, -0.2) is 9.97 Å². The van der Waals surface area contributed by atoms with Crippen LogP contribution in [0.25, 0.3) is 34.3 Å². The smallest absolute Gasteiger partial charge is 0.268 e. The molecule has 8 nitrogen and oxygen atoms in total. The van der Waals surface area contributed by atoms with Gasteiger partial charge in [-0.15, -0.1) is 10.2 Å². The number of hydrogen-bond acceptors (Lipinski definition) is 8. The summed E-state index contributed by atoms with van der Waals surface area (Å²) >= 11 is 0. The van der Waals surface area contributed by atoms with Crippen molar-refractivity contribution in [3.05, 3.63) is 60.6 Å². The van der Waals surface area contributed by atoms with Gasteiger partial charge in [0.05, 0.1) is 17.6 Å². The molecule has 1 aromatic carbocycles. The Balaban J connectivity index is 1.43. The van der Waals surface area contributed by atoms with Crippen LogP contribution in [0.3, 0.4) is 0 Å². The van der Waals surface area contributed by atoms with Gasteiger partial charge in [-0.3, -0.25) is 4.98 Å². The number of hydrogen-bond donors (Lipinski definition) is 0. The predicted molar refractivity (Wildman–Crippen MR) is 123 cm³/mol. The minimum absolute atomic E-state index is 0.372. The maximum atomic E-state index is 5.95. The lowest BCUT2D eigenvalue weighted by atomic mass is 10.2. The summed E-state index contributed by atoms with van der Waals surface area (Å²) < 4.78 is 5.95. The molecule has 1 aliphatic rings. The van der Waals surface area contributed by atoms with E-state index < -0.39 is 0 Å². The fourth-order valence-corrected chi connectivity index (χ4v) is 3.76. The van der Waals surface area contributed by atoms with E-state index in [1.54, 1.807) is 6.20 Å². The first-order chi connectivity index (χ1) is 15.7. The topological polar surface area (TPSA) is 84.1 Å². The lowest BCUT2D eigenvalue weighted by molar-refractivity contribution is 0.312. The first-order valence-corrected chi connectivity index (χ1v) is 10.9. The Labute approximate surface area is 187 Å². The minimum atomic E-state index is 0.372. The van der Waals surface area contributed by atoms with Gasteiger partial charge in [0.15, 0.2) is 0 Å². The van der Waals surface area contributed by atoms with Crippen molar-refractivity contribution < 1.29 is 4.42 Å². The molecule has 0 aliphatic carbocycles. The summed E-state index contributed by atoms with van der Waals surface area (Å²) in [4.78, 5) is 18.8. The third-order valence-corrected chi connectivity index (χ3v) is 5.70. The van der Waals surface area contributed by atoms with E-state index >= 15 is 0 Å². The van der Waals surface area contributed by atoms with Crippen LogP contribution in [-0.2, 0) is 6.42 Å². The summed E-state index contributed by atoms with van der Waals surface area (Å²) in [7, 11) is 2.15. The largest absolute Gasteiger partial charge is 0.415 e. The van der Waals surface area contributed by atoms with Gasteiger partial charge in [0, 0.05) is 43.5 Å². The number of piperazine rings is 1.